The van der Waals surface area contributed by atoms with Gasteiger partial charge in [-0.05, 0) is 43.3 Å². The van der Waals surface area contributed by atoms with Crippen LogP contribution < -0.4 is 10.2 Å². The lowest BCUT2D eigenvalue weighted by molar-refractivity contribution is -0.148. The highest BCUT2D eigenvalue weighted by atomic mass is 28.4. The van der Waals surface area contributed by atoms with Crippen LogP contribution in [-0.2, 0) is 31.3 Å². The lowest BCUT2D eigenvalue weighted by Crippen LogP contribution is -2.44. The minimum absolute atomic E-state index is 0.0203. The van der Waals surface area contributed by atoms with Gasteiger partial charge in [0.05, 0.1) is 19.1 Å². The molecular weight excluding hydrogens is 514 g/mol. The zero-order valence-electron chi connectivity index (χ0n) is 22.7. The summed E-state index contributed by atoms with van der Waals surface area (Å²) in [5.41, 5.74) is 1.15. The first kappa shape index (κ1) is 27.5. The Kier molecular flexibility index (Phi) is 7.40. The molecule has 5 rings (SSSR count). The van der Waals surface area contributed by atoms with E-state index >= 15 is 0 Å². The molecule has 10 heteroatoms. The number of anilines is 2. The van der Waals surface area contributed by atoms with E-state index in [4.69, 9.17) is 4.74 Å². The maximum Gasteiger partial charge on any atom is 0.261 e. The van der Waals surface area contributed by atoms with E-state index in [2.05, 4.69) is 5.32 Å². The number of nitrogens with one attached hydrogen (secondary N) is 1. The molecule has 2 aromatic rings. The van der Waals surface area contributed by atoms with Crippen molar-refractivity contribution in [1.82, 2.24) is 4.90 Å². The van der Waals surface area contributed by atoms with E-state index in [1.54, 1.807) is 15.9 Å². The number of nitrogens with zero attached hydrogens (tertiary/aromatic N) is 2. The van der Waals surface area contributed by atoms with E-state index in [1.165, 1.54) is 0 Å². The number of aliphatic hydroxyl groups excluding tert-OH is 1. The topological polar surface area (TPSA) is 119 Å². The number of benzene rings is 2. The number of hydrogen-bond donors (Lipinski definition) is 3. The highest BCUT2D eigenvalue weighted by Gasteiger charge is 2.65. The molecule has 2 fully saturated rings. The lowest BCUT2D eigenvalue weighted by atomic mass is 9.82. The summed E-state index contributed by atoms with van der Waals surface area (Å²) in [7, 11) is -2.93. The minimum Gasteiger partial charge on any atom is -0.432 e. The van der Waals surface area contributed by atoms with Crippen molar-refractivity contribution in [2.45, 2.75) is 63.1 Å². The second kappa shape index (κ2) is 10.5. The van der Waals surface area contributed by atoms with Gasteiger partial charge in [-0.2, -0.15) is 0 Å². The van der Waals surface area contributed by atoms with E-state index in [0.717, 1.165) is 17.7 Å². The van der Waals surface area contributed by atoms with Crippen LogP contribution in [0.4, 0.5) is 11.4 Å². The molecule has 2 aromatic carbocycles. The first-order valence-electron chi connectivity index (χ1n) is 13.7. The van der Waals surface area contributed by atoms with E-state index in [9.17, 15) is 24.3 Å². The third-order valence-electron chi connectivity index (χ3n) is 8.42. The predicted molar refractivity (Wildman–Crippen MR) is 149 cm³/mol. The number of hydrogen-bond acceptors (Lipinski definition) is 6. The molecule has 3 aliphatic rings. The Hall–Kier alpha value is -3.05. The number of ether oxygens (including phenoxy) is 1. The lowest BCUT2D eigenvalue weighted by Gasteiger charge is -2.32. The molecule has 0 bridgehead atoms. The Morgan fingerprint density at radius 3 is 2.59 bits per heavy atom. The first-order valence-corrected chi connectivity index (χ1v) is 16.7. The van der Waals surface area contributed by atoms with Crippen LogP contribution in [0.2, 0.25) is 18.6 Å². The van der Waals surface area contributed by atoms with Crippen molar-refractivity contribution in [3.8, 4) is 0 Å². The molecule has 0 radical (unpaired) electrons. The van der Waals surface area contributed by atoms with Crippen LogP contribution in [0.1, 0.15) is 37.3 Å². The van der Waals surface area contributed by atoms with Crippen molar-refractivity contribution < 1.29 is 29.0 Å². The van der Waals surface area contributed by atoms with E-state index < -0.39 is 31.5 Å². The monoisotopic (exact) mass is 551 g/mol. The van der Waals surface area contributed by atoms with Crippen molar-refractivity contribution in [2.24, 2.45) is 5.92 Å². The molecule has 3 heterocycles. The Balaban J connectivity index is 1.47. The van der Waals surface area contributed by atoms with Gasteiger partial charge in [0, 0.05) is 54.5 Å². The van der Waals surface area contributed by atoms with Crippen molar-refractivity contribution >= 4 is 37.4 Å². The van der Waals surface area contributed by atoms with Crippen molar-refractivity contribution in [2.75, 3.05) is 29.9 Å². The number of rotatable bonds is 8. The van der Waals surface area contributed by atoms with Gasteiger partial charge >= 0.3 is 0 Å². The summed E-state index contributed by atoms with van der Waals surface area (Å²) < 4.78 is 6.64. The molecule has 0 aromatic heterocycles. The number of amides is 3. The van der Waals surface area contributed by atoms with Gasteiger partial charge in [-0.15, -0.1) is 0 Å². The Labute approximate surface area is 229 Å². The van der Waals surface area contributed by atoms with Gasteiger partial charge < -0.3 is 29.8 Å². The van der Waals surface area contributed by atoms with Gasteiger partial charge in [-0.25, -0.2) is 0 Å². The molecule has 0 aliphatic carbocycles. The molecule has 3 amide bonds. The third kappa shape index (κ3) is 4.90. The quantitative estimate of drug-likeness (QED) is 0.434. The standard InChI is InChI=1S/C29H37N3O6Si/c1-19-27(39(2,3)37)24(17-26(35)31(14-15-33)18-20-8-5-4-6-9-20)38-29(19)22-16-21(32-13-7-10-25(32)34)11-12-23(22)30-28(29)36/h4-6,8-9,11-12,16,19,24,27,33,37H,7,10,13-15,17-18H2,1-3H3,(H,30,36)/t19-,24+,27-,29+/m1/s1. The smallest absolute Gasteiger partial charge is 0.261 e. The van der Waals surface area contributed by atoms with Crippen molar-refractivity contribution in [1.29, 1.82) is 0 Å². The van der Waals surface area contributed by atoms with Gasteiger partial charge in [-0.3, -0.25) is 14.4 Å². The predicted octanol–water partition coefficient (Wildman–Crippen LogP) is 2.97. The fourth-order valence-electron chi connectivity index (χ4n) is 6.69. The van der Waals surface area contributed by atoms with Crippen LogP contribution >= 0.6 is 0 Å². The Morgan fingerprint density at radius 2 is 1.95 bits per heavy atom. The molecule has 3 aliphatic heterocycles. The first-order chi connectivity index (χ1) is 18.6. The third-order valence-corrected chi connectivity index (χ3v) is 10.9. The number of aliphatic hydroxyl groups is 1. The number of carbonyl (C=O) groups excluding carboxylic acids is 3. The van der Waals surface area contributed by atoms with Crippen LogP contribution in [-0.4, -0.2) is 66.6 Å². The van der Waals surface area contributed by atoms with Crippen LogP contribution in [0.15, 0.2) is 48.5 Å². The van der Waals surface area contributed by atoms with Gasteiger partial charge in [0.1, 0.15) is 0 Å². The van der Waals surface area contributed by atoms with E-state index in [0.29, 0.717) is 30.8 Å². The SMILES string of the molecule is C[C@@H]1[C@@H]([Si](C)(C)O)[C@H](CC(=O)N(CCO)Cc2ccccc2)O[C@@]12C(=O)Nc1ccc(N3CCCC3=O)cc12. The largest absolute Gasteiger partial charge is 0.432 e. The molecule has 39 heavy (non-hydrogen) atoms. The average molecular weight is 552 g/mol. The summed E-state index contributed by atoms with van der Waals surface area (Å²) in [6.45, 7) is 6.50. The minimum atomic E-state index is -2.93. The molecule has 4 atom stereocenters. The summed E-state index contributed by atoms with van der Waals surface area (Å²) in [5.74, 6) is -0.882. The summed E-state index contributed by atoms with van der Waals surface area (Å²) >= 11 is 0. The fraction of sp³-hybridized carbons (Fsp3) is 0.483. The van der Waals surface area contributed by atoms with Crippen LogP contribution in [0.5, 0.6) is 0 Å². The summed E-state index contributed by atoms with van der Waals surface area (Å²) in [4.78, 5) is 54.4. The van der Waals surface area contributed by atoms with E-state index in [1.807, 2.05) is 62.5 Å². The summed E-state index contributed by atoms with van der Waals surface area (Å²) in [6.07, 6.45) is 0.573. The van der Waals surface area contributed by atoms with Crippen LogP contribution in [0.25, 0.3) is 0 Å². The number of fused-ring (bicyclic) bond motifs is 2. The molecule has 1 spiro atoms. The van der Waals surface area contributed by atoms with E-state index in [-0.39, 0.29) is 37.3 Å². The molecule has 208 valence electrons. The fourth-order valence-corrected chi connectivity index (χ4v) is 9.25. The van der Waals surface area contributed by atoms with Gasteiger partial charge in [0.2, 0.25) is 11.8 Å². The molecular formula is C29H37N3O6Si. The normalized spacial score (nSPS) is 26.3. The summed E-state index contributed by atoms with van der Waals surface area (Å²) in [6, 6.07) is 15.1. The number of carbonyl (C=O) groups is 3. The molecule has 0 unspecified atom stereocenters. The second-order valence-corrected chi connectivity index (χ2v) is 15.4. The van der Waals surface area contributed by atoms with Crippen LogP contribution in [0, 0.1) is 5.92 Å². The highest BCUT2D eigenvalue weighted by molar-refractivity contribution is 6.71. The van der Waals surface area contributed by atoms with Crippen molar-refractivity contribution in [3.63, 3.8) is 0 Å². The Morgan fingerprint density at radius 1 is 1.21 bits per heavy atom. The summed E-state index contributed by atoms with van der Waals surface area (Å²) in [5, 5.41) is 12.6. The zero-order valence-corrected chi connectivity index (χ0v) is 23.7. The molecule has 9 nitrogen and oxygen atoms in total. The van der Waals surface area contributed by atoms with Crippen LogP contribution in [0.3, 0.4) is 0 Å². The average Bonchev–Trinajstić information content (AvgIpc) is 3.53. The second-order valence-electron chi connectivity index (χ2n) is 11.4. The van der Waals surface area contributed by atoms with Gasteiger partial charge in [-0.1, -0.05) is 37.3 Å². The maximum absolute atomic E-state index is 13.6. The zero-order chi connectivity index (χ0) is 27.9. The maximum atomic E-state index is 13.6. The molecule has 3 N–H and O–H groups in total. The van der Waals surface area contributed by atoms with Gasteiger partial charge in [0.15, 0.2) is 13.9 Å². The molecule has 0 saturated carbocycles. The highest BCUT2D eigenvalue weighted by Crippen LogP contribution is 2.58. The Bertz CT molecular complexity index is 1270. The van der Waals surface area contributed by atoms with Gasteiger partial charge in [0.25, 0.3) is 5.91 Å². The molecule has 2 saturated heterocycles. The van der Waals surface area contributed by atoms with Crippen molar-refractivity contribution in [3.05, 3.63) is 59.7 Å².